The predicted octanol–water partition coefficient (Wildman–Crippen LogP) is 2.61. The number of alkyl halides is 3. The van der Waals surface area contributed by atoms with Crippen LogP contribution in [0.2, 0.25) is 0 Å². The van der Waals surface area contributed by atoms with E-state index in [1.807, 2.05) is 31.2 Å². The Balaban J connectivity index is 1.78. The second-order valence-corrected chi connectivity index (χ2v) is 5.72. The lowest BCUT2D eigenvalue weighted by Crippen LogP contribution is -2.32. The monoisotopic (exact) mass is 314 g/mol. The van der Waals surface area contributed by atoms with Crippen LogP contribution in [0.5, 0.6) is 0 Å². The van der Waals surface area contributed by atoms with E-state index in [9.17, 15) is 13.2 Å². The van der Waals surface area contributed by atoms with Gasteiger partial charge in [-0.1, -0.05) is 17.7 Å². The average molecular weight is 314 g/mol. The largest absolute Gasteiger partial charge is 0.401 e. The van der Waals surface area contributed by atoms with Gasteiger partial charge < -0.3 is 11.1 Å². The Morgan fingerprint density at radius 2 is 2.05 bits per heavy atom. The van der Waals surface area contributed by atoms with Crippen LogP contribution in [0.1, 0.15) is 12.0 Å². The molecule has 2 rings (SSSR count). The van der Waals surface area contributed by atoms with Crippen LogP contribution in [-0.2, 0) is 0 Å². The van der Waals surface area contributed by atoms with Crippen molar-refractivity contribution >= 4 is 11.6 Å². The summed E-state index contributed by atoms with van der Waals surface area (Å²) >= 11 is 0. The van der Waals surface area contributed by atoms with Gasteiger partial charge >= 0.3 is 6.18 Å². The van der Waals surface area contributed by atoms with Crippen molar-refractivity contribution in [2.45, 2.75) is 19.5 Å². The van der Waals surface area contributed by atoms with Gasteiger partial charge in [0.1, 0.15) is 0 Å². The zero-order valence-corrected chi connectivity index (χ0v) is 12.5. The standard InChI is InChI=1S/C15H21F3N4/c1-11-2-4-13(5-3-11)21-14(19)20-8-12-6-7-22(9-12)10-15(16,17)18/h2-5,12H,6-10H2,1H3,(H3,19,20,21). The number of anilines is 1. The van der Waals surface area contributed by atoms with E-state index in [2.05, 4.69) is 10.3 Å². The molecule has 3 N–H and O–H groups in total. The third-order valence-corrected chi connectivity index (χ3v) is 3.62. The van der Waals surface area contributed by atoms with E-state index in [1.54, 1.807) is 0 Å². The molecule has 0 aromatic heterocycles. The summed E-state index contributed by atoms with van der Waals surface area (Å²) in [6.45, 7) is 2.48. The smallest absolute Gasteiger partial charge is 0.370 e. The van der Waals surface area contributed by atoms with Gasteiger partial charge in [-0.05, 0) is 37.9 Å². The van der Waals surface area contributed by atoms with E-state index >= 15 is 0 Å². The zero-order valence-electron chi connectivity index (χ0n) is 12.5. The minimum absolute atomic E-state index is 0.126. The number of halogens is 3. The van der Waals surface area contributed by atoms with Crippen LogP contribution in [0.15, 0.2) is 29.3 Å². The molecule has 0 amide bonds. The number of likely N-dealkylation sites (tertiary alicyclic amines) is 1. The van der Waals surface area contributed by atoms with Crippen molar-refractivity contribution in [3.63, 3.8) is 0 Å². The fourth-order valence-corrected chi connectivity index (χ4v) is 2.51. The first-order chi connectivity index (χ1) is 10.3. The van der Waals surface area contributed by atoms with Gasteiger partial charge in [0.25, 0.3) is 0 Å². The topological polar surface area (TPSA) is 53.6 Å². The van der Waals surface area contributed by atoms with Crippen LogP contribution in [0, 0.1) is 12.8 Å². The highest BCUT2D eigenvalue weighted by Gasteiger charge is 2.34. The van der Waals surface area contributed by atoms with E-state index in [4.69, 9.17) is 5.73 Å². The summed E-state index contributed by atoms with van der Waals surface area (Å²) in [5, 5.41) is 2.98. The highest BCUT2D eigenvalue weighted by Crippen LogP contribution is 2.22. The van der Waals surface area contributed by atoms with Crippen LogP contribution < -0.4 is 11.1 Å². The molecule has 1 fully saturated rings. The SMILES string of the molecule is Cc1ccc(NC(N)=NCC2CCN(CC(F)(F)F)C2)cc1. The van der Waals surface area contributed by atoms with Crippen LogP contribution >= 0.6 is 0 Å². The zero-order chi connectivity index (χ0) is 16.2. The number of rotatable bonds is 4. The van der Waals surface area contributed by atoms with Crippen molar-refractivity contribution < 1.29 is 13.2 Å². The van der Waals surface area contributed by atoms with Gasteiger partial charge in [0.05, 0.1) is 6.54 Å². The molecule has 0 radical (unpaired) electrons. The number of hydrogen-bond donors (Lipinski definition) is 2. The molecule has 1 aromatic carbocycles. The van der Waals surface area contributed by atoms with Crippen molar-refractivity contribution in [1.82, 2.24) is 4.90 Å². The summed E-state index contributed by atoms with van der Waals surface area (Å²) in [7, 11) is 0. The minimum atomic E-state index is -4.13. The number of aryl methyl sites for hydroxylation is 1. The first-order valence-electron chi connectivity index (χ1n) is 7.24. The molecule has 0 saturated carbocycles. The lowest BCUT2D eigenvalue weighted by atomic mass is 10.1. The molecule has 0 aliphatic carbocycles. The van der Waals surface area contributed by atoms with Gasteiger partial charge in [-0.25, -0.2) is 0 Å². The van der Waals surface area contributed by atoms with E-state index in [-0.39, 0.29) is 11.9 Å². The van der Waals surface area contributed by atoms with Gasteiger partial charge in [-0.3, -0.25) is 9.89 Å². The molecule has 1 aliphatic heterocycles. The average Bonchev–Trinajstić information content (AvgIpc) is 2.84. The highest BCUT2D eigenvalue weighted by molar-refractivity contribution is 5.92. The molecule has 0 spiro atoms. The molecule has 1 unspecified atom stereocenters. The number of nitrogens with one attached hydrogen (secondary N) is 1. The van der Waals surface area contributed by atoms with Crippen molar-refractivity contribution in [3.8, 4) is 0 Å². The van der Waals surface area contributed by atoms with Crippen LogP contribution in [-0.4, -0.2) is 43.2 Å². The van der Waals surface area contributed by atoms with Crippen molar-refractivity contribution in [1.29, 1.82) is 0 Å². The molecular weight excluding hydrogens is 293 g/mol. The van der Waals surface area contributed by atoms with Gasteiger partial charge in [-0.2, -0.15) is 13.2 Å². The lowest BCUT2D eigenvalue weighted by Gasteiger charge is -2.17. The molecule has 1 atom stereocenters. The Hall–Kier alpha value is -1.76. The summed E-state index contributed by atoms with van der Waals surface area (Å²) < 4.78 is 37.0. The molecule has 122 valence electrons. The summed E-state index contributed by atoms with van der Waals surface area (Å²) in [6.07, 6.45) is -3.42. The Morgan fingerprint density at radius 3 is 2.68 bits per heavy atom. The molecule has 0 bridgehead atoms. The number of guanidine groups is 1. The second kappa shape index (κ2) is 7.00. The van der Waals surface area contributed by atoms with Gasteiger partial charge in [0.2, 0.25) is 0 Å². The van der Waals surface area contributed by atoms with E-state index in [0.717, 1.165) is 17.7 Å². The maximum absolute atomic E-state index is 12.3. The number of aliphatic imine (C=N–C) groups is 1. The number of hydrogen-bond acceptors (Lipinski definition) is 2. The van der Waals surface area contributed by atoms with Crippen molar-refractivity contribution in [2.75, 3.05) is 31.5 Å². The van der Waals surface area contributed by atoms with E-state index in [0.29, 0.717) is 19.6 Å². The summed E-state index contributed by atoms with van der Waals surface area (Å²) in [4.78, 5) is 5.65. The lowest BCUT2D eigenvalue weighted by molar-refractivity contribution is -0.143. The van der Waals surface area contributed by atoms with Crippen LogP contribution in [0.4, 0.5) is 18.9 Å². The minimum Gasteiger partial charge on any atom is -0.370 e. The molecule has 22 heavy (non-hydrogen) atoms. The van der Waals surface area contributed by atoms with E-state index < -0.39 is 12.7 Å². The first-order valence-corrected chi connectivity index (χ1v) is 7.24. The van der Waals surface area contributed by atoms with Crippen molar-refractivity contribution in [2.24, 2.45) is 16.6 Å². The van der Waals surface area contributed by atoms with E-state index in [1.165, 1.54) is 4.90 Å². The molecule has 1 heterocycles. The third kappa shape index (κ3) is 5.55. The molecule has 1 aromatic rings. The third-order valence-electron chi connectivity index (χ3n) is 3.62. The normalized spacial score (nSPS) is 20.4. The maximum atomic E-state index is 12.3. The second-order valence-electron chi connectivity index (χ2n) is 5.72. The maximum Gasteiger partial charge on any atom is 0.401 e. The molecule has 7 heteroatoms. The number of benzene rings is 1. The first kappa shape index (κ1) is 16.6. The molecular formula is C15H21F3N4. The Kier molecular flexibility index (Phi) is 5.28. The highest BCUT2D eigenvalue weighted by atomic mass is 19.4. The fraction of sp³-hybridized carbons (Fsp3) is 0.533. The summed E-state index contributed by atoms with van der Waals surface area (Å²) in [5.41, 5.74) is 7.80. The fourth-order valence-electron chi connectivity index (χ4n) is 2.51. The quantitative estimate of drug-likeness (QED) is 0.663. The van der Waals surface area contributed by atoms with Crippen LogP contribution in [0.25, 0.3) is 0 Å². The van der Waals surface area contributed by atoms with Gasteiger partial charge in [0.15, 0.2) is 5.96 Å². The molecule has 1 aliphatic rings. The van der Waals surface area contributed by atoms with Gasteiger partial charge in [0, 0.05) is 18.8 Å². The Bertz CT molecular complexity index is 511. The number of nitrogens with two attached hydrogens (primary N) is 1. The Morgan fingerprint density at radius 1 is 1.36 bits per heavy atom. The Labute approximate surface area is 128 Å². The molecule has 1 saturated heterocycles. The number of nitrogens with zero attached hydrogens (tertiary/aromatic N) is 2. The summed E-state index contributed by atoms with van der Waals surface area (Å²) in [6, 6.07) is 7.72. The van der Waals surface area contributed by atoms with Crippen LogP contribution in [0.3, 0.4) is 0 Å². The summed E-state index contributed by atoms with van der Waals surface area (Å²) in [5.74, 6) is 0.416. The van der Waals surface area contributed by atoms with Crippen molar-refractivity contribution in [3.05, 3.63) is 29.8 Å². The van der Waals surface area contributed by atoms with Gasteiger partial charge in [-0.15, -0.1) is 0 Å². The molecule has 4 nitrogen and oxygen atoms in total. The predicted molar refractivity (Wildman–Crippen MR) is 81.9 cm³/mol.